The third-order valence-electron chi connectivity index (χ3n) is 3.83. The number of anilines is 1. The van der Waals surface area contributed by atoms with Gasteiger partial charge in [-0.1, -0.05) is 42.1 Å². The molecule has 4 aromatic rings. The lowest BCUT2D eigenvalue weighted by Crippen LogP contribution is -2.15. The Morgan fingerprint density at radius 2 is 1.86 bits per heavy atom. The van der Waals surface area contributed by atoms with Crippen molar-refractivity contribution in [3.63, 3.8) is 0 Å². The number of H-pyrrole nitrogens is 1. The first-order chi connectivity index (χ1) is 13.6. The molecular formula is C19H14FN5O2S. The molecule has 2 N–H and O–H groups in total. The fourth-order valence-electron chi connectivity index (χ4n) is 2.59. The first-order valence-corrected chi connectivity index (χ1v) is 9.31. The molecule has 0 spiro atoms. The molecule has 1 amide bonds. The van der Waals surface area contributed by atoms with E-state index in [0.29, 0.717) is 16.5 Å². The second-order valence-electron chi connectivity index (χ2n) is 5.83. The Hall–Kier alpha value is -3.46. The van der Waals surface area contributed by atoms with Gasteiger partial charge in [0, 0.05) is 11.8 Å². The second-order valence-corrected chi connectivity index (χ2v) is 6.77. The van der Waals surface area contributed by atoms with Gasteiger partial charge in [-0.3, -0.25) is 14.7 Å². The zero-order chi connectivity index (χ0) is 19.5. The minimum absolute atomic E-state index is 0.0535. The number of halogens is 1. The van der Waals surface area contributed by atoms with E-state index in [1.807, 2.05) is 18.2 Å². The molecule has 2 aromatic carbocycles. The van der Waals surface area contributed by atoms with Crippen LogP contribution in [0.3, 0.4) is 0 Å². The molecule has 2 heterocycles. The van der Waals surface area contributed by atoms with Crippen LogP contribution < -0.4 is 10.9 Å². The maximum atomic E-state index is 14.1. The largest absolute Gasteiger partial charge is 0.325 e. The van der Waals surface area contributed by atoms with E-state index in [-0.39, 0.29) is 28.6 Å². The minimum atomic E-state index is -0.470. The summed E-state index contributed by atoms with van der Waals surface area (Å²) in [5, 5.41) is 5.69. The van der Waals surface area contributed by atoms with Crippen molar-refractivity contribution in [2.75, 3.05) is 11.1 Å². The van der Waals surface area contributed by atoms with Gasteiger partial charge in [0.25, 0.3) is 5.56 Å². The van der Waals surface area contributed by atoms with Gasteiger partial charge >= 0.3 is 0 Å². The number of rotatable bonds is 5. The summed E-state index contributed by atoms with van der Waals surface area (Å²) >= 11 is 1.11. The number of nitrogens with one attached hydrogen (secondary N) is 2. The number of benzene rings is 2. The number of nitrogens with zero attached hydrogens (tertiary/aromatic N) is 3. The van der Waals surface area contributed by atoms with E-state index >= 15 is 0 Å². The van der Waals surface area contributed by atoms with Gasteiger partial charge in [-0.05, 0) is 24.3 Å². The molecule has 2 aromatic heterocycles. The molecule has 0 atom stereocenters. The number of fused-ring (bicyclic) bond motifs is 1. The fourth-order valence-corrected chi connectivity index (χ4v) is 3.34. The monoisotopic (exact) mass is 395 g/mol. The van der Waals surface area contributed by atoms with Crippen molar-refractivity contribution >= 4 is 29.0 Å². The average Bonchev–Trinajstić information content (AvgIpc) is 3.07. The Morgan fingerprint density at radius 3 is 2.64 bits per heavy atom. The number of carbonyl (C=O) groups excluding carboxylic acids is 1. The predicted octanol–water partition coefficient (Wildman–Crippen LogP) is 2.95. The number of para-hydroxylation sites is 1. The maximum Gasteiger partial charge on any atom is 0.266 e. The summed E-state index contributed by atoms with van der Waals surface area (Å²) in [6, 6.07) is 16.5. The molecule has 28 heavy (non-hydrogen) atoms. The highest BCUT2D eigenvalue weighted by molar-refractivity contribution is 7.99. The van der Waals surface area contributed by atoms with Crippen LogP contribution in [0.15, 0.2) is 70.6 Å². The number of hydrogen-bond acceptors (Lipinski definition) is 5. The first-order valence-electron chi connectivity index (χ1n) is 8.32. The standard InChI is InChI=1S/C19H14FN5O2S/c20-14-9-5-4-8-13(14)18-22-15-10-16(26)24-25(15)19(23-18)28-11-17(27)21-12-6-2-1-3-7-12/h1-10H,11H2,(H,21,27)(H,24,26). The van der Waals surface area contributed by atoms with Crippen molar-refractivity contribution in [3.05, 3.63) is 76.8 Å². The number of hydrogen-bond donors (Lipinski definition) is 2. The quantitative estimate of drug-likeness (QED) is 0.507. The third kappa shape index (κ3) is 3.79. The lowest BCUT2D eigenvalue weighted by molar-refractivity contribution is -0.113. The van der Waals surface area contributed by atoms with Crippen molar-refractivity contribution in [1.29, 1.82) is 0 Å². The van der Waals surface area contributed by atoms with E-state index in [4.69, 9.17) is 0 Å². The SMILES string of the molecule is O=C(CSc1nc(-c2ccccc2F)nc2cc(=O)[nH]n12)Nc1ccccc1. The molecule has 0 aliphatic carbocycles. The van der Waals surface area contributed by atoms with Gasteiger partial charge in [0.15, 0.2) is 16.6 Å². The molecule has 0 fully saturated rings. The van der Waals surface area contributed by atoms with E-state index in [1.165, 1.54) is 16.6 Å². The van der Waals surface area contributed by atoms with Crippen LogP contribution in [0.5, 0.6) is 0 Å². The topological polar surface area (TPSA) is 92.2 Å². The van der Waals surface area contributed by atoms with Gasteiger partial charge in [0.1, 0.15) is 5.82 Å². The van der Waals surface area contributed by atoms with Gasteiger partial charge in [-0.25, -0.2) is 18.9 Å². The van der Waals surface area contributed by atoms with Crippen LogP contribution in [0.4, 0.5) is 10.1 Å². The molecule has 0 aliphatic heterocycles. The molecule has 9 heteroatoms. The van der Waals surface area contributed by atoms with Gasteiger partial charge in [0.05, 0.1) is 11.3 Å². The van der Waals surface area contributed by atoms with Gasteiger partial charge in [0.2, 0.25) is 5.91 Å². The van der Waals surface area contributed by atoms with E-state index in [1.54, 1.807) is 30.3 Å². The smallest absolute Gasteiger partial charge is 0.266 e. The summed E-state index contributed by atoms with van der Waals surface area (Å²) in [6.45, 7) is 0. The molecule has 0 radical (unpaired) electrons. The third-order valence-corrected chi connectivity index (χ3v) is 4.77. The zero-order valence-electron chi connectivity index (χ0n) is 14.4. The van der Waals surface area contributed by atoms with Crippen LogP contribution in [0.2, 0.25) is 0 Å². The normalized spacial score (nSPS) is 10.9. The highest BCUT2D eigenvalue weighted by atomic mass is 32.2. The predicted molar refractivity (Wildman–Crippen MR) is 105 cm³/mol. The van der Waals surface area contributed by atoms with E-state index in [9.17, 15) is 14.0 Å². The second kappa shape index (κ2) is 7.65. The number of amides is 1. The first kappa shape index (κ1) is 17.9. The number of thioether (sulfide) groups is 1. The number of aromatic nitrogens is 4. The van der Waals surface area contributed by atoms with Crippen LogP contribution in [0.1, 0.15) is 0 Å². The van der Waals surface area contributed by atoms with Crippen LogP contribution >= 0.6 is 11.8 Å². The van der Waals surface area contributed by atoms with Crippen molar-refractivity contribution in [2.45, 2.75) is 5.16 Å². The molecule has 4 rings (SSSR count). The Balaban J connectivity index is 1.63. The lowest BCUT2D eigenvalue weighted by Gasteiger charge is -2.08. The highest BCUT2D eigenvalue weighted by Crippen LogP contribution is 2.23. The Morgan fingerprint density at radius 1 is 1.11 bits per heavy atom. The van der Waals surface area contributed by atoms with E-state index in [2.05, 4.69) is 20.4 Å². The van der Waals surface area contributed by atoms with Crippen molar-refractivity contribution in [3.8, 4) is 11.4 Å². The molecule has 140 valence electrons. The van der Waals surface area contributed by atoms with Crippen LogP contribution in [-0.2, 0) is 4.79 Å². The summed E-state index contributed by atoms with van der Waals surface area (Å²) in [5.74, 6) is -0.506. The lowest BCUT2D eigenvalue weighted by atomic mass is 10.2. The fraction of sp³-hybridized carbons (Fsp3) is 0.0526. The summed E-state index contributed by atoms with van der Waals surface area (Å²) in [6.07, 6.45) is 0. The van der Waals surface area contributed by atoms with Crippen LogP contribution in [0, 0.1) is 5.82 Å². The summed E-state index contributed by atoms with van der Waals surface area (Å²) in [5.41, 5.74) is 0.830. The van der Waals surface area contributed by atoms with Gasteiger partial charge in [-0.15, -0.1) is 0 Å². The molecule has 0 unspecified atom stereocenters. The Labute approximate surface area is 162 Å². The Bertz CT molecular complexity index is 1210. The van der Waals surface area contributed by atoms with Crippen molar-refractivity contribution in [1.82, 2.24) is 19.6 Å². The number of carbonyl (C=O) groups is 1. The molecule has 0 bridgehead atoms. The zero-order valence-corrected chi connectivity index (χ0v) is 15.2. The minimum Gasteiger partial charge on any atom is -0.325 e. The van der Waals surface area contributed by atoms with Gasteiger partial charge in [-0.2, -0.15) is 0 Å². The molecule has 0 saturated carbocycles. The van der Waals surface area contributed by atoms with Gasteiger partial charge < -0.3 is 5.32 Å². The summed E-state index contributed by atoms with van der Waals surface area (Å²) in [4.78, 5) is 32.5. The van der Waals surface area contributed by atoms with E-state index < -0.39 is 5.82 Å². The average molecular weight is 395 g/mol. The van der Waals surface area contributed by atoms with Crippen LogP contribution in [0.25, 0.3) is 17.0 Å². The van der Waals surface area contributed by atoms with Crippen molar-refractivity contribution in [2.24, 2.45) is 0 Å². The molecular weight excluding hydrogens is 381 g/mol. The molecule has 0 aliphatic rings. The number of aromatic amines is 1. The molecule has 7 nitrogen and oxygen atoms in total. The summed E-state index contributed by atoms with van der Waals surface area (Å²) < 4.78 is 15.5. The Kier molecular flexibility index (Phi) is 4.90. The molecule has 0 saturated heterocycles. The maximum absolute atomic E-state index is 14.1. The summed E-state index contributed by atoms with van der Waals surface area (Å²) in [7, 11) is 0. The van der Waals surface area contributed by atoms with E-state index in [0.717, 1.165) is 11.8 Å². The van der Waals surface area contributed by atoms with Crippen molar-refractivity contribution < 1.29 is 9.18 Å². The van der Waals surface area contributed by atoms with Crippen LogP contribution in [-0.4, -0.2) is 31.2 Å². The highest BCUT2D eigenvalue weighted by Gasteiger charge is 2.15.